The van der Waals surface area contributed by atoms with E-state index >= 15 is 0 Å². The van der Waals surface area contributed by atoms with Crippen LogP contribution in [-0.4, -0.2) is 47.6 Å². The first-order valence-electron chi connectivity index (χ1n) is 7.76. The standard InChI is InChI=1S/C17H14ClN3O4/c18-12-3-1-2-4-14(12)25-15-9-11(5-6-19-15)21-16(22)13-10-24-8-7-20(13)17(21)23/h1-6,9,13H,7-8,10H2. The first-order valence-corrected chi connectivity index (χ1v) is 8.14. The van der Waals surface area contributed by atoms with Gasteiger partial charge >= 0.3 is 6.03 Å². The normalized spacial score (nSPS) is 20.0. The van der Waals surface area contributed by atoms with Gasteiger partial charge < -0.3 is 14.4 Å². The summed E-state index contributed by atoms with van der Waals surface area (Å²) in [5.41, 5.74) is 0.404. The van der Waals surface area contributed by atoms with E-state index in [-0.39, 0.29) is 24.4 Å². The molecule has 0 aliphatic carbocycles. The lowest BCUT2D eigenvalue weighted by atomic mass is 10.2. The third-order valence-electron chi connectivity index (χ3n) is 4.10. The number of morpholine rings is 1. The van der Waals surface area contributed by atoms with Crippen molar-refractivity contribution in [3.63, 3.8) is 0 Å². The third-order valence-corrected chi connectivity index (χ3v) is 4.41. The highest BCUT2D eigenvalue weighted by Gasteiger charge is 2.47. The van der Waals surface area contributed by atoms with Gasteiger partial charge in [0.1, 0.15) is 11.8 Å². The highest BCUT2D eigenvalue weighted by Crippen LogP contribution is 2.32. The summed E-state index contributed by atoms with van der Waals surface area (Å²) in [6.07, 6.45) is 1.48. The highest BCUT2D eigenvalue weighted by molar-refractivity contribution is 6.32. The number of hydrogen-bond acceptors (Lipinski definition) is 5. The molecule has 128 valence electrons. The van der Waals surface area contributed by atoms with Crippen LogP contribution in [-0.2, 0) is 9.53 Å². The van der Waals surface area contributed by atoms with Gasteiger partial charge in [0.25, 0.3) is 5.91 Å². The van der Waals surface area contributed by atoms with E-state index in [1.807, 2.05) is 0 Å². The van der Waals surface area contributed by atoms with Crippen LogP contribution in [0.25, 0.3) is 0 Å². The lowest BCUT2D eigenvalue weighted by molar-refractivity contribution is -0.123. The molecule has 7 nitrogen and oxygen atoms in total. The van der Waals surface area contributed by atoms with E-state index in [2.05, 4.69) is 4.98 Å². The molecule has 2 aliphatic heterocycles. The first kappa shape index (κ1) is 15.9. The minimum absolute atomic E-state index is 0.217. The molecule has 3 heterocycles. The van der Waals surface area contributed by atoms with Crippen LogP contribution < -0.4 is 9.64 Å². The van der Waals surface area contributed by atoms with E-state index in [0.717, 1.165) is 4.90 Å². The lowest BCUT2D eigenvalue weighted by Crippen LogP contribution is -2.45. The molecule has 3 amide bonds. The average molecular weight is 360 g/mol. The summed E-state index contributed by atoms with van der Waals surface area (Å²) >= 11 is 6.08. The lowest BCUT2D eigenvalue weighted by Gasteiger charge is -2.26. The predicted molar refractivity (Wildman–Crippen MR) is 90.0 cm³/mol. The van der Waals surface area contributed by atoms with Crippen molar-refractivity contribution in [2.24, 2.45) is 0 Å². The van der Waals surface area contributed by atoms with Crippen molar-refractivity contribution in [1.29, 1.82) is 0 Å². The molecule has 0 bridgehead atoms. The second-order valence-electron chi connectivity index (χ2n) is 5.63. The number of benzene rings is 1. The summed E-state index contributed by atoms with van der Waals surface area (Å²) in [5.74, 6) is 0.380. The monoisotopic (exact) mass is 359 g/mol. The fraction of sp³-hybridized carbons (Fsp3) is 0.235. The number of fused-ring (bicyclic) bond motifs is 1. The molecule has 2 saturated heterocycles. The van der Waals surface area contributed by atoms with Gasteiger partial charge in [0.05, 0.1) is 23.9 Å². The van der Waals surface area contributed by atoms with Crippen molar-refractivity contribution in [2.75, 3.05) is 24.7 Å². The number of carbonyl (C=O) groups is 2. The number of anilines is 1. The molecular weight excluding hydrogens is 346 g/mol. The Morgan fingerprint density at radius 2 is 2.08 bits per heavy atom. The van der Waals surface area contributed by atoms with Gasteiger partial charge in [-0.15, -0.1) is 0 Å². The molecule has 4 rings (SSSR count). The van der Waals surface area contributed by atoms with E-state index in [4.69, 9.17) is 21.1 Å². The third kappa shape index (κ3) is 2.81. The SMILES string of the molecule is O=C1C2COCCN2C(=O)N1c1ccnc(Oc2ccccc2Cl)c1. The second kappa shape index (κ2) is 6.34. The summed E-state index contributed by atoms with van der Waals surface area (Å²) in [7, 11) is 0. The van der Waals surface area contributed by atoms with Gasteiger partial charge in [-0.25, -0.2) is 14.7 Å². The Labute approximate surface area is 148 Å². The largest absolute Gasteiger partial charge is 0.437 e. The molecule has 0 spiro atoms. The Morgan fingerprint density at radius 3 is 2.88 bits per heavy atom. The molecule has 25 heavy (non-hydrogen) atoms. The van der Waals surface area contributed by atoms with Crippen LogP contribution in [0.15, 0.2) is 42.6 Å². The van der Waals surface area contributed by atoms with Crippen LogP contribution >= 0.6 is 11.6 Å². The number of aromatic nitrogens is 1. The van der Waals surface area contributed by atoms with Gasteiger partial charge in [-0.05, 0) is 18.2 Å². The summed E-state index contributed by atoms with van der Waals surface area (Å²) in [6, 6.07) is 9.20. The molecule has 0 N–H and O–H groups in total. The van der Waals surface area contributed by atoms with Crippen LogP contribution in [0.5, 0.6) is 11.6 Å². The number of hydrogen-bond donors (Lipinski definition) is 0. The van der Waals surface area contributed by atoms with Crippen LogP contribution in [0, 0.1) is 0 Å². The number of imide groups is 1. The van der Waals surface area contributed by atoms with Crippen molar-refractivity contribution < 1.29 is 19.1 Å². The molecule has 2 aromatic rings. The molecule has 2 fully saturated rings. The van der Waals surface area contributed by atoms with Gasteiger partial charge in [-0.2, -0.15) is 0 Å². The number of para-hydroxylation sites is 1. The van der Waals surface area contributed by atoms with Gasteiger partial charge in [0, 0.05) is 18.8 Å². The minimum atomic E-state index is -0.567. The zero-order valence-electron chi connectivity index (χ0n) is 13.1. The summed E-state index contributed by atoms with van der Waals surface area (Å²) < 4.78 is 11.0. The van der Waals surface area contributed by atoms with Gasteiger partial charge in [-0.3, -0.25) is 4.79 Å². The molecular formula is C17H14ClN3O4. The van der Waals surface area contributed by atoms with Crippen LogP contribution in [0.4, 0.5) is 10.5 Å². The topological polar surface area (TPSA) is 72.0 Å². The fourth-order valence-electron chi connectivity index (χ4n) is 2.88. The Balaban J connectivity index is 1.62. The zero-order chi connectivity index (χ0) is 17.4. The van der Waals surface area contributed by atoms with E-state index in [9.17, 15) is 9.59 Å². The quantitative estimate of drug-likeness (QED) is 0.788. The summed E-state index contributed by atoms with van der Waals surface area (Å²) in [5, 5.41) is 0.442. The molecule has 1 atom stereocenters. The van der Waals surface area contributed by atoms with E-state index < -0.39 is 6.04 Å². The smallest absolute Gasteiger partial charge is 0.332 e. The number of pyridine rings is 1. The summed E-state index contributed by atoms with van der Waals surface area (Å²) in [6.45, 7) is 1.05. The zero-order valence-corrected chi connectivity index (χ0v) is 13.8. The number of amides is 3. The molecule has 8 heteroatoms. The Kier molecular flexibility index (Phi) is 4.03. The summed E-state index contributed by atoms with van der Waals surface area (Å²) in [4.78, 5) is 31.9. The number of halogens is 1. The Hall–Kier alpha value is -2.64. The molecule has 0 radical (unpaired) electrons. The van der Waals surface area contributed by atoms with Crippen LogP contribution in [0.1, 0.15) is 0 Å². The number of ether oxygens (including phenoxy) is 2. The maximum Gasteiger partial charge on any atom is 0.332 e. The van der Waals surface area contributed by atoms with Gasteiger partial charge in [-0.1, -0.05) is 23.7 Å². The second-order valence-corrected chi connectivity index (χ2v) is 6.03. The van der Waals surface area contributed by atoms with E-state index in [1.54, 1.807) is 36.4 Å². The highest BCUT2D eigenvalue weighted by atomic mass is 35.5. The number of carbonyl (C=O) groups excluding carboxylic acids is 2. The Morgan fingerprint density at radius 1 is 1.24 bits per heavy atom. The molecule has 0 saturated carbocycles. The number of rotatable bonds is 3. The molecule has 1 unspecified atom stereocenters. The Bertz CT molecular complexity index is 820. The fourth-order valence-corrected chi connectivity index (χ4v) is 3.05. The van der Waals surface area contributed by atoms with Crippen molar-refractivity contribution >= 4 is 29.2 Å². The number of nitrogens with zero attached hydrogens (tertiary/aromatic N) is 3. The number of urea groups is 1. The van der Waals surface area contributed by atoms with Crippen molar-refractivity contribution in [3.05, 3.63) is 47.6 Å². The molecule has 2 aliphatic rings. The average Bonchev–Trinajstić information content (AvgIpc) is 2.89. The van der Waals surface area contributed by atoms with Crippen molar-refractivity contribution in [2.45, 2.75) is 6.04 Å². The van der Waals surface area contributed by atoms with Crippen molar-refractivity contribution in [3.8, 4) is 11.6 Å². The van der Waals surface area contributed by atoms with E-state index in [0.29, 0.717) is 29.6 Å². The van der Waals surface area contributed by atoms with Crippen LogP contribution in [0.2, 0.25) is 5.02 Å². The minimum Gasteiger partial charge on any atom is -0.437 e. The van der Waals surface area contributed by atoms with Crippen LogP contribution in [0.3, 0.4) is 0 Å². The molecule has 1 aromatic carbocycles. The maximum absolute atomic E-state index is 12.6. The van der Waals surface area contributed by atoms with Gasteiger partial charge in [0.2, 0.25) is 5.88 Å². The van der Waals surface area contributed by atoms with Gasteiger partial charge in [0.15, 0.2) is 0 Å². The molecule has 1 aromatic heterocycles. The predicted octanol–water partition coefficient (Wildman–Crippen LogP) is 2.69. The maximum atomic E-state index is 12.6. The van der Waals surface area contributed by atoms with E-state index in [1.165, 1.54) is 11.1 Å². The van der Waals surface area contributed by atoms with Crippen molar-refractivity contribution in [1.82, 2.24) is 9.88 Å². The first-order chi connectivity index (χ1) is 12.1.